The summed E-state index contributed by atoms with van der Waals surface area (Å²) in [6.45, 7) is 4.41. The van der Waals surface area contributed by atoms with Gasteiger partial charge in [-0.2, -0.15) is 0 Å². The van der Waals surface area contributed by atoms with Crippen LogP contribution in [0.1, 0.15) is 26.7 Å². The van der Waals surface area contributed by atoms with Crippen molar-refractivity contribution in [2.45, 2.75) is 32.7 Å². The second-order valence-electron chi connectivity index (χ2n) is 2.87. The van der Waals surface area contributed by atoms with Crippen LogP contribution in [-0.2, 0) is 14.3 Å². The van der Waals surface area contributed by atoms with E-state index in [0.29, 0.717) is 19.6 Å². The lowest BCUT2D eigenvalue weighted by Gasteiger charge is -2.12. The maximum Gasteiger partial charge on any atom is 0.307 e. The van der Waals surface area contributed by atoms with Gasteiger partial charge in [-0.15, -0.1) is 0 Å². The predicted octanol–water partition coefficient (Wildman–Crippen LogP) is -0.207. The van der Waals surface area contributed by atoms with Crippen LogP contribution < -0.4 is 11.1 Å². The van der Waals surface area contributed by atoms with E-state index in [4.69, 9.17) is 10.5 Å². The molecule has 0 radical (unpaired) electrons. The molecule has 5 nitrogen and oxygen atoms in total. The summed E-state index contributed by atoms with van der Waals surface area (Å²) in [5, 5.41) is 2.88. The third-order valence-corrected chi connectivity index (χ3v) is 1.78. The third kappa shape index (κ3) is 5.53. The molecule has 1 unspecified atom stereocenters. The predicted molar refractivity (Wildman–Crippen MR) is 52.5 cm³/mol. The smallest absolute Gasteiger partial charge is 0.307 e. The minimum absolute atomic E-state index is 0.262. The Bertz CT molecular complexity index is 194. The molecule has 0 aromatic rings. The Labute approximate surface area is 84.0 Å². The van der Waals surface area contributed by atoms with Crippen molar-refractivity contribution >= 4 is 11.9 Å². The Balaban J connectivity index is 3.61. The molecule has 0 bridgehead atoms. The third-order valence-electron chi connectivity index (χ3n) is 1.78. The lowest BCUT2D eigenvalue weighted by molar-refractivity contribution is -0.143. The monoisotopic (exact) mass is 202 g/mol. The standard InChI is InChI=1S/C9H18N2O3/c1-3-7(9(10)13)11-6-5-8(12)14-4-2/h7,11H,3-6H2,1-2H3,(H2,10,13). The van der Waals surface area contributed by atoms with Crippen molar-refractivity contribution in [2.24, 2.45) is 5.73 Å². The summed E-state index contributed by atoms with van der Waals surface area (Å²) in [4.78, 5) is 21.7. The van der Waals surface area contributed by atoms with E-state index >= 15 is 0 Å². The van der Waals surface area contributed by atoms with Crippen molar-refractivity contribution in [1.29, 1.82) is 0 Å². The first-order valence-electron chi connectivity index (χ1n) is 4.80. The van der Waals surface area contributed by atoms with Gasteiger partial charge in [0, 0.05) is 6.54 Å². The van der Waals surface area contributed by atoms with Crippen LogP contribution in [0.3, 0.4) is 0 Å². The SMILES string of the molecule is CCOC(=O)CCNC(CC)C(N)=O. The fourth-order valence-electron chi connectivity index (χ4n) is 1.03. The van der Waals surface area contributed by atoms with E-state index in [1.54, 1.807) is 6.92 Å². The summed E-state index contributed by atoms with van der Waals surface area (Å²) < 4.78 is 4.72. The summed E-state index contributed by atoms with van der Waals surface area (Å²) in [6.07, 6.45) is 0.885. The van der Waals surface area contributed by atoms with Crippen molar-refractivity contribution in [2.75, 3.05) is 13.2 Å². The molecule has 0 saturated carbocycles. The Hall–Kier alpha value is -1.10. The molecular formula is C9H18N2O3. The number of amides is 1. The first-order valence-corrected chi connectivity index (χ1v) is 4.80. The minimum Gasteiger partial charge on any atom is -0.466 e. The number of esters is 1. The molecule has 0 aromatic carbocycles. The first-order chi connectivity index (χ1) is 6.61. The van der Waals surface area contributed by atoms with Crippen LogP contribution in [0.4, 0.5) is 0 Å². The fourth-order valence-corrected chi connectivity index (χ4v) is 1.03. The normalized spacial score (nSPS) is 12.1. The highest BCUT2D eigenvalue weighted by Gasteiger charge is 2.11. The first kappa shape index (κ1) is 12.9. The van der Waals surface area contributed by atoms with Crippen LogP contribution in [0.25, 0.3) is 0 Å². The molecule has 0 saturated heterocycles. The summed E-state index contributed by atoms with van der Waals surface area (Å²) in [7, 11) is 0. The maximum atomic E-state index is 10.9. The van der Waals surface area contributed by atoms with Crippen molar-refractivity contribution in [1.82, 2.24) is 5.32 Å². The molecule has 0 aromatic heterocycles. The van der Waals surface area contributed by atoms with E-state index in [2.05, 4.69) is 5.32 Å². The summed E-state index contributed by atoms with van der Waals surface area (Å²) in [5.74, 6) is -0.657. The molecule has 5 heteroatoms. The van der Waals surface area contributed by atoms with Gasteiger partial charge in [0.2, 0.25) is 5.91 Å². The van der Waals surface area contributed by atoms with Gasteiger partial charge in [0.25, 0.3) is 0 Å². The summed E-state index contributed by atoms with van der Waals surface area (Å²) in [6, 6.07) is -0.357. The zero-order valence-electron chi connectivity index (χ0n) is 8.71. The van der Waals surface area contributed by atoms with Gasteiger partial charge in [0.15, 0.2) is 0 Å². The van der Waals surface area contributed by atoms with Crippen LogP contribution in [-0.4, -0.2) is 31.1 Å². The van der Waals surface area contributed by atoms with Crippen LogP contribution in [0, 0.1) is 0 Å². The van der Waals surface area contributed by atoms with Crippen molar-refractivity contribution in [3.05, 3.63) is 0 Å². The lowest BCUT2D eigenvalue weighted by Crippen LogP contribution is -2.41. The van der Waals surface area contributed by atoms with E-state index in [9.17, 15) is 9.59 Å². The van der Waals surface area contributed by atoms with E-state index in [1.807, 2.05) is 6.92 Å². The molecule has 0 aliphatic heterocycles. The maximum absolute atomic E-state index is 10.9. The zero-order chi connectivity index (χ0) is 11.0. The molecule has 0 heterocycles. The van der Waals surface area contributed by atoms with Gasteiger partial charge in [0.1, 0.15) is 0 Å². The Morgan fingerprint density at radius 2 is 2.07 bits per heavy atom. The number of hydrogen-bond acceptors (Lipinski definition) is 4. The minimum atomic E-state index is -0.392. The highest BCUT2D eigenvalue weighted by Crippen LogP contribution is 1.91. The number of hydrogen-bond donors (Lipinski definition) is 2. The molecule has 1 atom stereocenters. The topological polar surface area (TPSA) is 81.4 Å². The van der Waals surface area contributed by atoms with Gasteiger partial charge in [-0.25, -0.2) is 0 Å². The van der Waals surface area contributed by atoms with Crippen LogP contribution >= 0.6 is 0 Å². The second-order valence-corrected chi connectivity index (χ2v) is 2.87. The van der Waals surface area contributed by atoms with Crippen molar-refractivity contribution in [3.63, 3.8) is 0 Å². The van der Waals surface area contributed by atoms with E-state index in [-0.39, 0.29) is 18.4 Å². The molecule has 0 fully saturated rings. The second kappa shape index (κ2) is 7.32. The fraction of sp³-hybridized carbons (Fsp3) is 0.778. The number of primary amides is 1. The van der Waals surface area contributed by atoms with Gasteiger partial charge in [-0.05, 0) is 13.3 Å². The average molecular weight is 202 g/mol. The molecule has 0 spiro atoms. The van der Waals surface area contributed by atoms with Gasteiger partial charge in [-0.1, -0.05) is 6.92 Å². The van der Waals surface area contributed by atoms with Gasteiger partial charge in [-0.3, -0.25) is 9.59 Å². The molecule has 82 valence electrons. The lowest BCUT2D eigenvalue weighted by atomic mass is 10.2. The van der Waals surface area contributed by atoms with Crippen LogP contribution in [0.2, 0.25) is 0 Å². The molecule has 0 aliphatic rings. The van der Waals surface area contributed by atoms with Crippen molar-refractivity contribution in [3.8, 4) is 0 Å². The van der Waals surface area contributed by atoms with Gasteiger partial charge in [0.05, 0.1) is 19.1 Å². The summed E-state index contributed by atoms with van der Waals surface area (Å²) >= 11 is 0. The molecule has 0 aliphatic carbocycles. The molecule has 1 amide bonds. The number of carbonyl (C=O) groups excluding carboxylic acids is 2. The number of nitrogens with two attached hydrogens (primary N) is 1. The van der Waals surface area contributed by atoms with Crippen molar-refractivity contribution < 1.29 is 14.3 Å². The largest absolute Gasteiger partial charge is 0.466 e. The van der Waals surface area contributed by atoms with Crippen LogP contribution in [0.5, 0.6) is 0 Å². The number of nitrogens with one attached hydrogen (secondary N) is 1. The molecule has 3 N–H and O–H groups in total. The zero-order valence-corrected chi connectivity index (χ0v) is 8.71. The quantitative estimate of drug-likeness (QED) is 0.560. The number of ether oxygens (including phenoxy) is 1. The Kier molecular flexibility index (Phi) is 6.74. The number of carbonyl (C=O) groups is 2. The molecule has 14 heavy (non-hydrogen) atoms. The van der Waals surface area contributed by atoms with E-state index in [0.717, 1.165) is 0 Å². The van der Waals surface area contributed by atoms with Crippen LogP contribution in [0.15, 0.2) is 0 Å². The van der Waals surface area contributed by atoms with Gasteiger partial charge >= 0.3 is 5.97 Å². The van der Waals surface area contributed by atoms with E-state index < -0.39 is 5.91 Å². The van der Waals surface area contributed by atoms with Gasteiger partial charge < -0.3 is 15.8 Å². The Morgan fingerprint density at radius 3 is 2.50 bits per heavy atom. The number of rotatable bonds is 7. The highest BCUT2D eigenvalue weighted by atomic mass is 16.5. The molecular weight excluding hydrogens is 184 g/mol. The summed E-state index contributed by atoms with van der Waals surface area (Å²) in [5.41, 5.74) is 5.11. The van der Waals surface area contributed by atoms with E-state index in [1.165, 1.54) is 0 Å². The Morgan fingerprint density at radius 1 is 1.43 bits per heavy atom. The molecule has 0 rings (SSSR count). The average Bonchev–Trinajstić information content (AvgIpc) is 2.12. The highest BCUT2D eigenvalue weighted by molar-refractivity contribution is 5.79.